The summed E-state index contributed by atoms with van der Waals surface area (Å²) in [6, 6.07) is 16.5. The van der Waals surface area contributed by atoms with Crippen molar-refractivity contribution in [3.05, 3.63) is 65.2 Å². The Morgan fingerprint density at radius 2 is 1.38 bits per heavy atom. The van der Waals surface area contributed by atoms with Gasteiger partial charge in [0, 0.05) is 5.69 Å². The van der Waals surface area contributed by atoms with E-state index >= 15 is 0 Å². The fraction of sp³-hybridized carbons (Fsp3) is 0.409. The van der Waals surface area contributed by atoms with Crippen molar-refractivity contribution in [2.45, 2.75) is 52.9 Å². The Bertz CT molecular complexity index is 653. The second-order valence-corrected chi connectivity index (χ2v) is 7.33. The third-order valence-electron chi connectivity index (χ3n) is 4.36. The lowest BCUT2D eigenvalue weighted by Crippen LogP contribution is -2.18. The van der Waals surface area contributed by atoms with Gasteiger partial charge in [0.05, 0.1) is 5.92 Å². The van der Waals surface area contributed by atoms with E-state index < -0.39 is 0 Å². The molecule has 0 bridgehead atoms. The number of amides is 1. The minimum Gasteiger partial charge on any atom is -0.326 e. The first-order valence-electron chi connectivity index (χ1n) is 8.86. The maximum atomic E-state index is 12.5. The van der Waals surface area contributed by atoms with Crippen LogP contribution in [0.2, 0.25) is 0 Å². The Labute approximate surface area is 146 Å². The van der Waals surface area contributed by atoms with Crippen LogP contribution in [-0.2, 0) is 11.2 Å². The first-order valence-corrected chi connectivity index (χ1v) is 8.86. The lowest BCUT2D eigenvalue weighted by molar-refractivity contribution is -0.117. The van der Waals surface area contributed by atoms with E-state index in [-0.39, 0.29) is 11.8 Å². The van der Waals surface area contributed by atoms with E-state index in [4.69, 9.17) is 0 Å². The molecule has 0 aliphatic carbocycles. The molecule has 1 amide bonds. The van der Waals surface area contributed by atoms with Crippen molar-refractivity contribution in [1.82, 2.24) is 0 Å². The van der Waals surface area contributed by atoms with Crippen molar-refractivity contribution in [3.63, 3.8) is 0 Å². The summed E-state index contributed by atoms with van der Waals surface area (Å²) in [6.45, 7) is 10.7. The Morgan fingerprint density at radius 1 is 0.833 bits per heavy atom. The molecular formula is C22H29NO. The summed E-state index contributed by atoms with van der Waals surface area (Å²) >= 11 is 0. The number of benzene rings is 2. The Balaban J connectivity index is 2.01. The Kier molecular flexibility index (Phi) is 6.19. The molecule has 1 unspecified atom stereocenters. The van der Waals surface area contributed by atoms with E-state index in [1.807, 2.05) is 19.1 Å². The molecule has 2 aromatic rings. The van der Waals surface area contributed by atoms with Crippen LogP contribution < -0.4 is 5.32 Å². The van der Waals surface area contributed by atoms with Gasteiger partial charge in [-0.1, -0.05) is 64.1 Å². The number of anilines is 1. The van der Waals surface area contributed by atoms with Crippen LogP contribution in [0.3, 0.4) is 0 Å². The zero-order chi connectivity index (χ0) is 17.7. The van der Waals surface area contributed by atoms with Crippen molar-refractivity contribution >= 4 is 11.6 Å². The second-order valence-electron chi connectivity index (χ2n) is 7.33. The van der Waals surface area contributed by atoms with E-state index in [2.05, 4.69) is 69.4 Å². The Hall–Kier alpha value is -2.09. The van der Waals surface area contributed by atoms with Gasteiger partial charge in [-0.3, -0.25) is 4.79 Å². The van der Waals surface area contributed by atoms with Gasteiger partial charge in [-0.25, -0.2) is 0 Å². The molecule has 0 aliphatic rings. The maximum absolute atomic E-state index is 12.5. The maximum Gasteiger partial charge on any atom is 0.231 e. The molecule has 1 atom stereocenters. The van der Waals surface area contributed by atoms with Gasteiger partial charge in [0.2, 0.25) is 5.91 Å². The van der Waals surface area contributed by atoms with Crippen LogP contribution in [0.25, 0.3) is 0 Å². The highest BCUT2D eigenvalue weighted by atomic mass is 16.1. The van der Waals surface area contributed by atoms with Crippen LogP contribution >= 0.6 is 0 Å². The van der Waals surface area contributed by atoms with Crippen LogP contribution in [0.15, 0.2) is 48.5 Å². The highest BCUT2D eigenvalue weighted by molar-refractivity contribution is 5.95. The first kappa shape index (κ1) is 18.3. The first-order chi connectivity index (χ1) is 11.4. The molecule has 0 aliphatic heterocycles. The molecule has 128 valence electrons. The molecule has 0 saturated carbocycles. The van der Waals surface area contributed by atoms with Crippen molar-refractivity contribution in [2.24, 2.45) is 5.92 Å². The summed E-state index contributed by atoms with van der Waals surface area (Å²) in [5.74, 6) is 1.01. The zero-order valence-electron chi connectivity index (χ0n) is 15.5. The van der Waals surface area contributed by atoms with E-state index in [9.17, 15) is 4.79 Å². The third-order valence-corrected chi connectivity index (χ3v) is 4.36. The molecule has 24 heavy (non-hydrogen) atoms. The average Bonchev–Trinajstić information content (AvgIpc) is 2.54. The van der Waals surface area contributed by atoms with Crippen LogP contribution in [0.1, 0.15) is 63.1 Å². The van der Waals surface area contributed by atoms with Crippen LogP contribution in [0.5, 0.6) is 0 Å². The summed E-state index contributed by atoms with van der Waals surface area (Å²) in [5, 5.41) is 3.01. The van der Waals surface area contributed by atoms with Gasteiger partial charge < -0.3 is 5.32 Å². The largest absolute Gasteiger partial charge is 0.326 e. The molecule has 2 heteroatoms. The topological polar surface area (TPSA) is 29.1 Å². The van der Waals surface area contributed by atoms with E-state index in [1.54, 1.807) is 0 Å². The monoisotopic (exact) mass is 323 g/mol. The highest BCUT2D eigenvalue weighted by Crippen LogP contribution is 2.21. The normalized spacial score (nSPS) is 12.5. The van der Waals surface area contributed by atoms with Crippen LogP contribution in [0, 0.1) is 5.92 Å². The van der Waals surface area contributed by atoms with Crippen LogP contribution in [-0.4, -0.2) is 5.91 Å². The number of hydrogen-bond acceptors (Lipinski definition) is 1. The van der Waals surface area contributed by atoms with Crippen molar-refractivity contribution < 1.29 is 4.79 Å². The molecule has 1 N–H and O–H groups in total. The summed E-state index contributed by atoms with van der Waals surface area (Å²) in [4.78, 5) is 12.5. The number of carbonyl (C=O) groups excluding carboxylic acids is 1. The predicted octanol–water partition coefficient (Wildman–Crippen LogP) is 5.75. The van der Waals surface area contributed by atoms with Crippen molar-refractivity contribution in [3.8, 4) is 0 Å². The van der Waals surface area contributed by atoms with Gasteiger partial charge >= 0.3 is 0 Å². The van der Waals surface area contributed by atoms with E-state index in [0.29, 0.717) is 11.8 Å². The molecule has 0 aromatic heterocycles. The summed E-state index contributed by atoms with van der Waals surface area (Å²) < 4.78 is 0. The molecule has 2 nitrogen and oxygen atoms in total. The molecular weight excluding hydrogens is 294 g/mol. The SMILES string of the molecule is CC(C)Cc1ccc(C(C)C(=O)Nc2ccc(C(C)C)cc2)cc1. The van der Waals surface area contributed by atoms with Crippen LogP contribution in [0.4, 0.5) is 5.69 Å². The van der Waals surface area contributed by atoms with Gasteiger partial charge in [-0.2, -0.15) is 0 Å². The molecule has 0 heterocycles. The van der Waals surface area contributed by atoms with Gasteiger partial charge in [0.25, 0.3) is 0 Å². The zero-order valence-corrected chi connectivity index (χ0v) is 15.5. The third kappa shape index (κ3) is 4.95. The molecule has 0 fully saturated rings. The minimum absolute atomic E-state index is 0.0314. The molecule has 2 aromatic carbocycles. The van der Waals surface area contributed by atoms with E-state index in [1.165, 1.54) is 11.1 Å². The van der Waals surface area contributed by atoms with Crippen molar-refractivity contribution in [2.75, 3.05) is 5.32 Å². The van der Waals surface area contributed by atoms with Crippen molar-refractivity contribution in [1.29, 1.82) is 0 Å². The predicted molar refractivity (Wildman–Crippen MR) is 103 cm³/mol. The fourth-order valence-electron chi connectivity index (χ4n) is 2.77. The van der Waals surface area contributed by atoms with Gasteiger partial charge in [0.15, 0.2) is 0 Å². The lowest BCUT2D eigenvalue weighted by atomic mass is 9.96. The number of rotatable bonds is 6. The summed E-state index contributed by atoms with van der Waals surface area (Å²) in [7, 11) is 0. The van der Waals surface area contributed by atoms with Gasteiger partial charge in [-0.15, -0.1) is 0 Å². The number of carbonyl (C=O) groups is 1. The lowest BCUT2D eigenvalue weighted by Gasteiger charge is -2.14. The molecule has 0 radical (unpaired) electrons. The smallest absolute Gasteiger partial charge is 0.231 e. The number of hydrogen-bond donors (Lipinski definition) is 1. The quantitative estimate of drug-likeness (QED) is 0.720. The van der Waals surface area contributed by atoms with Gasteiger partial charge in [-0.05, 0) is 54.0 Å². The Morgan fingerprint density at radius 3 is 1.88 bits per heavy atom. The average molecular weight is 323 g/mol. The molecule has 0 spiro atoms. The number of nitrogens with one attached hydrogen (secondary N) is 1. The molecule has 0 saturated heterocycles. The standard InChI is InChI=1S/C22H29NO/c1-15(2)14-18-6-8-20(9-7-18)17(5)22(24)23-21-12-10-19(11-13-21)16(3)4/h6-13,15-17H,14H2,1-5H3,(H,23,24). The van der Waals surface area contributed by atoms with E-state index in [0.717, 1.165) is 17.7 Å². The summed E-state index contributed by atoms with van der Waals surface area (Å²) in [6.07, 6.45) is 1.07. The van der Waals surface area contributed by atoms with Gasteiger partial charge in [0.1, 0.15) is 0 Å². The minimum atomic E-state index is -0.164. The highest BCUT2D eigenvalue weighted by Gasteiger charge is 2.15. The summed E-state index contributed by atoms with van der Waals surface area (Å²) in [5.41, 5.74) is 4.51. The second kappa shape index (κ2) is 8.14. The molecule has 2 rings (SSSR count). The fourth-order valence-corrected chi connectivity index (χ4v) is 2.77.